The summed E-state index contributed by atoms with van der Waals surface area (Å²) < 4.78 is 30.6. The van der Waals surface area contributed by atoms with Gasteiger partial charge in [-0.1, -0.05) is 0 Å². The number of ether oxygens (including phenoxy) is 1. The Morgan fingerprint density at radius 3 is 2.48 bits per heavy atom. The maximum atomic E-state index is 12.9. The molecule has 1 atom stereocenters. The highest BCUT2D eigenvalue weighted by Crippen LogP contribution is 2.29. The Labute approximate surface area is 138 Å². The molecule has 2 heterocycles. The highest BCUT2D eigenvalue weighted by Gasteiger charge is 2.36. The van der Waals surface area contributed by atoms with Gasteiger partial charge < -0.3 is 9.64 Å². The summed E-state index contributed by atoms with van der Waals surface area (Å²) in [6.07, 6.45) is 0.826. The lowest BCUT2D eigenvalue weighted by Crippen LogP contribution is -2.51. The van der Waals surface area contributed by atoms with Crippen molar-refractivity contribution in [3.8, 4) is 0 Å². The maximum Gasteiger partial charge on any atom is 0.251 e. The van der Waals surface area contributed by atoms with Gasteiger partial charge in [0.25, 0.3) is 6.43 Å². The molecule has 1 unspecified atom stereocenters. The molecule has 1 amide bonds. The first-order valence-corrected chi connectivity index (χ1v) is 8.77. The normalized spacial score (nSPS) is 26.4. The van der Waals surface area contributed by atoms with E-state index in [1.165, 1.54) is 0 Å². The third kappa shape index (κ3) is 5.11. The van der Waals surface area contributed by atoms with E-state index in [4.69, 9.17) is 4.74 Å². The minimum atomic E-state index is -2.29. The maximum absolute atomic E-state index is 12.9. The standard InChI is InChI=1S/C17H30F2N2O2/c1-4-21(14-7-10-23-17(2,3)11-14)16(22)13-5-8-20(9-6-13)12-15(18)19/h13-15H,4-12H2,1-3H3. The van der Waals surface area contributed by atoms with Crippen LogP contribution in [-0.2, 0) is 9.53 Å². The first-order chi connectivity index (χ1) is 10.8. The van der Waals surface area contributed by atoms with Crippen LogP contribution in [0.5, 0.6) is 0 Å². The molecule has 0 aliphatic carbocycles. The van der Waals surface area contributed by atoms with Crippen LogP contribution in [-0.4, -0.2) is 66.6 Å². The lowest BCUT2D eigenvalue weighted by molar-refractivity contribution is -0.145. The monoisotopic (exact) mass is 332 g/mol. The summed E-state index contributed by atoms with van der Waals surface area (Å²) in [6.45, 7) is 8.57. The first kappa shape index (κ1) is 18.6. The van der Waals surface area contributed by atoms with Crippen molar-refractivity contribution in [1.82, 2.24) is 9.80 Å². The number of rotatable bonds is 5. The van der Waals surface area contributed by atoms with Crippen molar-refractivity contribution >= 4 is 5.91 Å². The van der Waals surface area contributed by atoms with Crippen LogP contribution in [0.3, 0.4) is 0 Å². The van der Waals surface area contributed by atoms with Crippen molar-refractivity contribution in [3.63, 3.8) is 0 Å². The summed E-state index contributed by atoms with van der Waals surface area (Å²) in [4.78, 5) is 16.7. The zero-order chi connectivity index (χ0) is 17.0. The average molecular weight is 332 g/mol. The molecular weight excluding hydrogens is 302 g/mol. The zero-order valence-corrected chi connectivity index (χ0v) is 14.6. The molecule has 2 saturated heterocycles. The van der Waals surface area contributed by atoms with Gasteiger partial charge in [0.05, 0.1) is 12.1 Å². The fraction of sp³-hybridized carbons (Fsp3) is 0.941. The number of likely N-dealkylation sites (tertiary alicyclic amines) is 1. The summed E-state index contributed by atoms with van der Waals surface area (Å²) in [6, 6.07) is 0.232. The third-order valence-corrected chi connectivity index (χ3v) is 5.07. The van der Waals surface area contributed by atoms with Gasteiger partial charge in [0, 0.05) is 25.1 Å². The van der Waals surface area contributed by atoms with Crippen LogP contribution in [0.15, 0.2) is 0 Å². The molecule has 2 fully saturated rings. The number of hydrogen-bond acceptors (Lipinski definition) is 3. The molecule has 23 heavy (non-hydrogen) atoms. The smallest absolute Gasteiger partial charge is 0.251 e. The lowest BCUT2D eigenvalue weighted by Gasteiger charge is -2.43. The highest BCUT2D eigenvalue weighted by atomic mass is 19.3. The Hall–Kier alpha value is -0.750. The van der Waals surface area contributed by atoms with Crippen LogP contribution < -0.4 is 0 Å². The summed E-state index contributed by atoms with van der Waals surface area (Å²) in [5.41, 5.74) is -0.183. The van der Waals surface area contributed by atoms with E-state index in [0.717, 1.165) is 12.8 Å². The number of amides is 1. The summed E-state index contributed by atoms with van der Waals surface area (Å²) >= 11 is 0. The van der Waals surface area contributed by atoms with Crippen molar-refractivity contribution in [2.45, 2.75) is 64.5 Å². The van der Waals surface area contributed by atoms with E-state index < -0.39 is 6.43 Å². The van der Waals surface area contributed by atoms with E-state index in [9.17, 15) is 13.6 Å². The largest absolute Gasteiger partial charge is 0.375 e. The van der Waals surface area contributed by atoms with E-state index in [1.807, 2.05) is 11.8 Å². The Kier molecular flexibility index (Phi) is 6.37. The van der Waals surface area contributed by atoms with Crippen LogP contribution in [0.25, 0.3) is 0 Å². The Morgan fingerprint density at radius 1 is 1.30 bits per heavy atom. The lowest BCUT2D eigenvalue weighted by atomic mass is 9.90. The van der Waals surface area contributed by atoms with Gasteiger partial charge in [-0.15, -0.1) is 0 Å². The van der Waals surface area contributed by atoms with Gasteiger partial charge in [-0.2, -0.15) is 0 Å². The van der Waals surface area contributed by atoms with Crippen LogP contribution in [0.4, 0.5) is 8.78 Å². The molecule has 0 radical (unpaired) electrons. The number of alkyl halides is 2. The second-order valence-corrected chi connectivity index (χ2v) is 7.34. The highest BCUT2D eigenvalue weighted by molar-refractivity contribution is 5.79. The van der Waals surface area contributed by atoms with E-state index >= 15 is 0 Å². The second-order valence-electron chi connectivity index (χ2n) is 7.34. The molecule has 0 N–H and O–H groups in total. The van der Waals surface area contributed by atoms with Crippen molar-refractivity contribution in [2.24, 2.45) is 5.92 Å². The predicted molar refractivity (Wildman–Crippen MR) is 85.6 cm³/mol. The quantitative estimate of drug-likeness (QED) is 0.776. The molecule has 134 valence electrons. The molecule has 0 aromatic heterocycles. The second kappa shape index (κ2) is 7.88. The number of halogens is 2. The fourth-order valence-corrected chi connectivity index (χ4v) is 3.85. The van der Waals surface area contributed by atoms with Gasteiger partial charge in [0.1, 0.15) is 0 Å². The van der Waals surface area contributed by atoms with Gasteiger partial charge in [0.2, 0.25) is 5.91 Å². The number of carbonyl (C=O) groups excluding carboxylic acids is 1. The molecule has 0 spiro atoms. The van der Waals surface area contributed by atoms with Crippen molar-refractivity contribution in [3.05, 3.63) is 0 Å². The van der Waals surface area contributed by atoms with Gasteiger partial charge >= 0.3 is 0 Å². The average Bonchev–Trinajstić information content (AvgIpc) is 2.47. The number of hydrogen-bond donors (Lipinski definition) is 0. The van der Waals surface area contributed by atoms with E-state index in [1.54, 1.807) is 4.90 Å². The summed E-state index contributed by atoms with van der Waals surface area (Å²) in [5.74, 6) is 0.182. The fourth-order valence-electron chi connectivity index (χ4n) is 3.85. The van der Waals surface area contributed by atoms with Gasteiger partial charge in [-0.05, 0) is 59.5 Å². The van der Waals surface area contributed by atoms with E-state index in [0.29, 0.717) is 39.1 Å². The van der Waals surface area contributed by atoms with Gasteiger partial charge in [0.15, 0.2) is 0 Å². The van der Waals surface area contributed by atoms with Gasteiger partial charge in [-0.25, -0.2) is 8.78 Å². The van der Waals surface area contributed by atoms with E-state index in [2.05, 4.69) is 13.8 Å². The zero-order valence-electron chi connectivity index (χ0n) is 14.6. The topological polar surface area (TPSA) is 32.8 Å². The number of piperidine rings is 1. The third-order valence-electron chi connectivity index (χ3n) is 5.07. The molecule has 6 heteroatoms. The molecule has 0 aromatic rings. The predicted octanol–water partition coefficient (Wildman–Crippen LogP) is 2.77. The minimum absolute atomic E-state index is 0.0187. The molecule has 0 aromatic carbocycles. The summed E-state index contributed by atoms with van der Waals surface area (Å²) in [5, 5.41) is 0. The molecule has 2 aliphatic heterocycles. The van der Waals surface area contributed by atoms with Crippen molar-refractivity contribution in [1.29, 1.82) is 0 Å². The SMILES string of the molecule is CCN(C(=O)C1CCN(CC(F)F)CC1)C1CCOC(C)(C)C1. The number of carbonyl (C=O) groups is 1. The Balaban J connectivity index is 1.90. The van der Waals surface area contributed by atoms with Crippen LogP contribution >= 0.6 is 0 Å². The Morgan fingerprint density at radius 2 is 1.96 bits per heavy atom. The Bertz CT molecular complexity index is 396. The van der Waals surface area contributed by atoms with Crippen molar-refractivity contribution < 1.29 is 18.3 Å². The van der Waals surface area contributed by atoms with Crippen molar-refractivity contribution in [2.75, 3.05) is 32.8 Å². The molecule has 0 saturated carbocycles. The minimum Gasteiger partial charge on any atom is -0.375 e. The number of nitrogens with zero attached hydrogens (tertiary/aromatic N) is 2. The molecule has 4 nitrogen and oxygen atoms in total. The molecule has 2 aliphatic rings. The van der Waals surface area contributed by atoms with Crippen LogP contribution in [0, 0.1) is 5.92 Å². The molecule has 2 rings (SSSR count). The summed E-state index contributed by atoms with van der Waals surface area (Å²) in [7, 11) is 0. The first-order valence-electron chi connectivity index (χ1n) is 8.77. The van der Waals surface area contributed by atoms with Crippen LogP contribution in [0.2, 0.25) is 0 Å². The van der Waals surface area contributed by atoms with Gasteiger partial charge in [-0.3, -0.25) is 9.69 Å². The molecule has 0 bridgehead atoms. The van der Waals surface area contributed by atoms with Crippen LogP contribution in [0.1, 0.15) is 46.5 Å². The molecular formula is C17H30F2N2O2. The van der Waals surface area contributed by atoms with E-state index in [-0.39, 0.29) is 30.0 Å².